The fourth-order valence-corrected chi connectivity index (χ4v) is 2.69. The van der Waals surface area contributed by atoms with Gasteiger partial charge in [-0.1, -0.05) is 37.9 Å². The van der Waals surface area contributed by atoms with Crippen LogP contribution in [-0.4, -0.2) is 29.5 Å². The van der Waals surface area contributed by atoms with E-state index in [1.807, 2.05) is 0 Å². The number of hydrogen-bond acceptors (Lipinski definition) is 2. The Hall–Kier alpha value is -0.150. The molecular formula is C13H26N2S. The van der Waals surface area contributed by atoms with Crippen molar-refractivity contribution in [3.8, 4) is 0 Å². The first kappa shape index (κ1) is 13.9. The van der Waals surface area contributed by atoms with Crippen molar-refractivity contribution in [3.05, 3.63) is 0 Å². The zero-order chi connectivity index (χ0) is 11.8. The first-order valence-electron chi connectivity index (χ1n) is 6.68. The highest BCUT2D eigenvalue weighted by atomic mass is 32.1. The molecule has 0 aromatic rings. The standard InChI is InChI=1S/C13H26N2S/c1-15(11-7-6-10-13(14)16)12-8-4-2-3-5-9-12/h12H,2-11H2,1H3,(H2,14,16). The number of hydrogen-bond donors (Lipinski definition) is 1. The second kappa shape index (κ2) is 8.02. The molecule has 0 unspecified atom stereocenters. The summed E-state index contributed by atoms with van der Waals surface area (Å²) >= 11 is 4.88. The maximum atomic E-state index is 5.49. The van der Waals surface area contributed by atoms with Crippen molar-refractivity contribution < 1.29 is 0 Å². The van der Waals surface area contributed by atoms with Crippen LogP contribution in [0.25, 0.3) is 0 Å². The van der Waals surface area contributed by atoms with Crippen molar-refractivity contribution >= 4 is 17.2 Å². The fraction of sp³-hybridized carbons (Fsp3) is 0.923. The Morgan fingerprint density at radius 1 is 1.19 bits per heavy atom. The summed E-state index contributed by atoms with van der Waals surface area (Å²) < 4.78 is 0. The van der Waals surface area contributed by atoms with E-state index in [2.05, 4.69) is 11.9 Å². The summed E-state index contributed by atoms with van der Waals surface area (Å²) in [4.78, 5) is 3.21. The molecule has 3 heteroatoms. The van der Waals surface area contributed by atoms with Gasteiger partial charge in [0.2, 0.25) is 0 Å². The lowest BCUT2D eigenvalue weighted by atomic mass is 10.1. The largest absolute Gasteiger partial charge is 0.393 e. The van der Waals surface area contributed by atoms with Crippen LogP contribution in [0.5, 0.6) is 0 Å². The minimum Gasteiger partial charge on any atom is -0.393 e. The molecule has 0 heterocycles. The van der Waals surface area contributed by atoms with Gasteiger partial charge in [0, 0.05) is 6.04 Å². The third-order valence-corrected chi connectivity index (χ3v) is 3.84. The molecule has 0 aromatic heterocycles. The third-order valence-electron chi connectivity index (χ3n) is 3.63. The number of nitrogens with two attached hydrogens (primary N) is 1. The van der Waals surface area contributed by atoms with Crippen LogP contribution < -0.4 is 5.73 Å². The van der Waals surface area contributed by atoms with E-state index in [9.17, 15) is 0 Å². The predicted molar refractivity (Wildman–Crippen MR) is 74.8 cm³/mol. The summed E-state index contributed by atoms with van der Waals surface area (Å²) in [5.41, 5.74) is 5.49. The quantitative estimate of drug-likeness (QED) is 0.441. The molecule has 0 saturated heterocycles. The van der Waals surface area contributed by atoms with E-state index in [0.29, 0.717) is 4.99 Å². The SMILES string of the molecule is CN(CCCCC(N)=S)C1CCCCCC1. The monoisotopic (exact) mass is 242 g/mol. The first-order chi connectivity index (χ1) is 7.70. The van der Waals surface area contributed by atoms with Crippen molar-refractivity contribution in [2.45, 2.75) is 63.8 Å². The number of thiocarbonyl (C=S) groups is 1. The van der Waals surface area contributed by atoms with Crippen LogP contribution in [0.4, 0.5) is 0 Å². The highest BCUT2D eigenvalue weighted by Gasteiger charge is 2.15. The fourth-order valence-electron chi connectivity index (χ4n) is 2.54. The van der Waals surface area contributed by atoms with Gasteiger partial charge in [0.25, 0.3) is 0 Å². The van der Waals surface area contributed by atoms with Gasteiger partial charge in [-0.3, -0.25) is 0 Å². The molecule has 0 spiro atoms. The Balaban J connectivity index is 2.12. The highest BCUT2D eigenvalue weighted by molar-refractivity contribution is 7.80. The van der Waals surface area contributed by atoms with Gasteiger partial charge in [0.05, 0.1) is 4.99 Å². The van der Waals surface area contributed by atoms with Gasteiger partial charge in [-0.25, -0.2) is 0 Å². The predicted octanol–water partition coefficient (Wildman–Crippen LogP) is 3.10. The number of nitrogens with zero attached hydrogens (tertiary/aromatic N) is 1. The average molecular weight is 242 g/mol. The van der Waals surface area contributed by atoms with Gasteiger partial charge in [0.15, 0.2) is 0 Å². The summed E-state index contributed by atoms with van der Waals surface area (Å²) in [6, 6.07) is 0.826. The summed E-state index contributed by atoms with van der Waals surface area (Å²) in [6.07, 6.45) is 11.8. The van der Waals surface area contributed by atoms with Crippen molar-refractivity contribution in [3.63, 3.8) is 0 Å². The van der Waals surface area contributed by atoms with Crippen molar-refractivity contribution in [2.75, 3.05) is 13.6 Å². The molecule has 2 N–H and O–H groups in total. The summed E-state index contributed by atoms with van der Waals surface area (Å²) in [6.45, 7) is 1.20. The lowest BCUT2D eigenvalue weighted by Gasteiger charge is -2.26. The Bertz CT molecular complexity index is 198. The van der Waals surface area contributed by atoms with E-state index in [4.69, 9.17) is 18.0 Å². The van der Waals surface area contributed by atoms with Gasteiger partial charge in [0.1, 0.15) is 0 Å². The van der Waals surface area contributed by atoms with Crippen molar-refractivity contribution in [1.29, 1.82) is 0 Å². The Morgan fingerprint density at radius 3 is 2.38 bits per heavy atom. The molecule has 0 aliphatic heterocycles. The zero-order valence-electron chi connectivity index (χ0n) is 10.6. The van der Waals surface area contributed by atoms with Crippen molar-refractivity contribution in [1.82, 2.24) is 4.90 Å². The molecule has 0 aromatic carbocycles. The van der Waals surface area contributed by atoms with Gasteiger partial charge in [-0.05, 0) is 45.7 Å². The lowest BCUT2D eigenvalue weighted by molar-refractivity contribution is 0.217. The molecule has 1 saturated carbocycles. The molecule has 0 atom stereocenters. The molecule has 94 valence electrons. The molecule has 2 nitrogen and oxygen atoms in total. The van der Waals surface area contributed by atoms with Gasteiger partial charge < -0.3 is 10.6 Å². The Kier molecular flexibility index (Phi) is 6.97. The van der Waals surface area contributed by atoms with Crippen LogP contribution >= 0.6 is 12.2 Å². The minimum absolute atomic E-state index is 0.664. The zero-order valence-corrected chi connectivity index (χ0v) is 11.4. The number of unbranched alkanes of at least 4 members (excludes halogenated alkanes) is 1. The van der Waals surface area contributed by atoms with Crippen LogP contribution in [0.15, 0.2) is 0 Å². The Morgan fingerprint density at radius 2 is 1.81 bits per heavy atom. The lowest BCUT2D eigenvalue weighted by Crippen LogP contribution is -2.32. The minimum atomic E-state index is 0.664. The van der Waals surface area contributed by atoms with E-state index in [1.54, 1.807) is 0 Å². The second-order valence-electron chi connectivity index (χ2n) is 5.05. The highest BCUT2D eigenvalue weighted by Crippen LogP contribution is 2.21. The normalized spacial score (nSPS) is 18.6. The van der Waals surface area contributed by atoms with Crippen molar-refractivity contribution in [2.24, 2.45) is 5.73 Å². The van der Waals surface area contributed by atoms with E-state index in [0.717, 1.165) is 18.9 Å². The first-order valence-corrected chi connectivity index (χ1v) is 7.09. The van der Waals surface area contributed by atoms with Crippen LogP contribution in [0.2, 0.25) is 0 Å². The topological polar surface area (TPSA) is 29.3 Å². The molecule has 16 heavy (non-hydrogen) atoms. The molecule has 0 amide bonds. The molecule has 0 radical (unpaired) electrons. The second-order valence-corrected chi connectivity index (χ2v) is 5.57. The maximum absolute atomic E-state index is 5.49. The van der Waals surface area contributed by atoms with Gasteiger partial charge >= 0.3 is 0 Å². The van der Waals surface area contributed by atoms with E-state index in [1.165, 1.54) is 51.5 Å². The van der Waals surface area contributed by atoms with Gasteiger partial charge in [-0.2, -0.15) is 0 Å². The molecule has 1 rings (SSSR count). The van der Waals surface area contributed by atoms with E-state index < -0.39 is 0 Å². The molecule has 1 aliphatic carbocycles. The van der Waals surface area contributed by atoms with Crippen LogP contribution in [0, 0.1) is 0 Å². The van der Waals surface area contributed by atoms with Crippen LogP contribution in [0.3, 0.4) is 0 Å². The summed E-state index contributed by atoms with van der Waals surface area (Å²) in [5.74, 6) is 0. The number of rotatable bonds is 6. The molecule has 0 bridgehead atoms. The summed E-state index contributed by atoms with van der Waals surface area (Å²) in [7, 11) is 2.27. The van der Waals surface area contributed by atoms with Crippen LogP contribution in [-0.2, 0) is 0 Å². The van der Waals surface area contributed by atoms with Crippen LogP contribution in [0.1, 0.15) is 57.8 Å². The van der Waals surface area contributed by atoms with E-state index >= 15 is 0 Å². The smallest absolute Gasteiger partial charge is 0.0727 e. The Labute approximate surface area is 106 Å². The molecule has 1 fully saturated rings. The molecular weight excluding hydrogens is 216 g/mol. The third kappa shape index (κ3) is 5.80. The van der Waals surface area contributed by atoms with Gasteiger partial charge in [-0.15, -0.1) is 0 Å². The van der Waals surface area contributed by atoms with E-state index in [-0.39, 0.29) is 0 Å². The summed E-state index contributed by atoms with van der Waals surface area (Å²) in [5, 5.41) is 0. The maximum Gasteiger partial charge on any atom is 0.0727 e. The average Bonchev–Trinajstić information content (AvgIpc) is 2.52. The molecule has 1 aliphatic rings.